The normalized spacial score (nSPS) is 25.4. The molecule has 0 radical (unpaired) electrons. The molecule has 4 bridgehead atoms. The van der Waals surface area contributed by atoms with Crippen molar-refractivity contribution in [1.82, 2.24) is 41.2 Å². The molecule has 2 fully saturated rings. The molecule has 6 rings (SSSR count). The van der Waals surface area contributed by atoms with Crippen LogP contribution in [0.25, 0.3) is 10.9 Å². The topological polar surface area (TPSA) is 292 Å². The maximum Gasteiger partial charge on any atom is 0.409 e. The summed E-state index contributed by atoms with van der Waals surface area (Å²) < 4.78 is 25.3. The average Bonchev–Trinajstić information content (AvgIpc) is 4.18. The van der Waals surface area contributed by atoms with Gasteiger partial charge in [0, 0.05) is 90.3 Å². The molecular weight excluding hydrogens is 1060 g/mol. The minimum Gasteiger partial charge on any atom is -0.495 e. The van der Waals surface area contributed by atoms with E-state index in [1.807, 2.05) is 70.2 Å². The van der Waals surface area contributed by atoms with Gasteiger partial charge >= 0.3 is 12.1 Å². The van der Waals surface area contributed by atoms with Crippen molar-refractivity contribution in [1.29, 1.82) is 0 Å². The molecule has 2 aliphatic heterocycles. The van der Waals surface area contributed by atoms with Crippen LogP contribution < -0.4 is 36.3 Å². The first-order valence-corrected chi connectivity index (χ1v) is 27.0. The molecule has 3 aliphatic rings. The van der Waals surface area contributed by atoms with E-state index in [4.69, 9.17) is 30.5 Å². The number of benzene rings is 2. The number of anilines is 1. The second-order valence-corrected chi connectivity index (χ2v) is 21.6. The first-order chi connectivity index (χ1) is 37.8. The number of aryl methyl sites for hydroxylation is 1. The van der Waals surface area contributed by atoms with Crippen LogP contribution in [0, 0.1) is 17.3 Å². The predicted molar refractivity (Wildman–Crippen MR) is 297 cm³/mol. The smallest absolute Gasteiger partial charge is 0.409 e. The first kappa shape index (κ1) is 62.6. The lowest BCUT2D eigenvalue weighted by Crippen LogP contribution is -2.63. The standard InChI is InChI=1S/C56H78ClN9O14/c1-32-14-13-17-43(78-10)56(76)30-42(79-54(75)62-56)33(2)38-29-55(38,4)44(28-47(69)65(8)40-25-35(24-32)26-41(77-9)48(40)57)80-53(74)34(3)64(7)46(68)18-20-60-51(72)49(70)50(71)52(73)61-22-21-59-45(67)19-23-66-37(31-63(6)58-5)27-36-15-11-12-16-39(36)66/h11-17,25-27,33-34,38,42-44,49-50,58,70-71,76H,18-24,28-31H2,1-10H3,(H,59,67)(H,60,72)(H,61,73)(H,62,75)/b17-13+,32-14+/t33-,34-,38-,42-,43+,44-,49-,50+,55-,56-/m0/s1. The average molecular weight is 1140 g/mol. The van der Waals surface area contributed by atoms with E-state index in [9.17, 15) is 48.9 Å². The fourth-order valence-electron chi connectivity index (χ4n) is 10.4. The van der Waals surface area contributed by atoms with Crippen molar-refractivity contribution in [3.8, 4) is 5.75 Å². The van der Waals surface area contributed by atoms with Crippen LogP contribution in [0.3, 0.4) is 0 Å². The van der Waals surface area contributed by atoms with Crippen molar-refractivity contribution in [2.24, 2.45) is 17.3 Å². The molecule has 8 N–H and O–H groups in total. The van der Waals surface area contributed by atoms with Gasteiger partial charge in [-0.2, -0.15) is 0 Å². The molecule has 24 heteroatoms. The lowest BCUT2D eigenvalue weighted by Gasteiger charge is -2.42. The summed E-state index contributed by atoms with van der Waals surface area (Å²) in [6, 6.07) is 12.3. The summed E-state index contributed by atoms with van der Waals surface area (Å²) >= 11 is 6.83. The lowest BCUT2D eigenvalue weighted by molar-refractivity contribution is -0.163. The van der Waals surface area contributed by atoms with E-state index in [0.29, 0.717) is 37.4 Å². The number of hydrogen-bond donors (Lipinski definition) is 8. The van der Waals surface area contributed by atoms with E-state index in [2.05, 4.69) is 37.3 Å². The molecule has 23 nitrogen and oxygen atoms in total. The van der Waals surface area contributed by atoms with Crippen LogP contribution in [-0.4, -0.2) is 176 Å². The van der Waals surface area contributed by atoms with Gasteiger partial charge in [-0.1, -0.05) is 67.4 Å². The van der Waals surface area contributed by atoms with Crippen molar-refractivity contribution in [3.05, 3.63) is 82.5 Å². The summed E-state index contributed by atoms with van der Waals surface area (Å²) in [7, 11) is 9.52. The van der Waals surface area contributed by atoms with E-state index in [0.717, 1.165) is 32.6 Å². The Hall–Kier alpha value is -6.60. The molecule has 0 spiro atoms. The molecule has 438 valence electrons. The molecule has 1 saturated heterocycles. The van der Waals surface area contributed by atoms with Crippen LogP contribution in [0.5, 0.6) is 5.75 Å². The highest BCUT2D eigenvalue weighted by Crippen LogP contribution is 2.61. The van der Waals surface area contributed by atoms with E-state index >= 15 is 0 Å². The molecule has 2 aromatic carbocycles. The largest absolute Gasteiger partial charge is 0.495 e. The number of rotatable bonds is 20. The number of methoxy groups -OCH3 is 2. The van der Waals surface area contributed by atoms with Crippen LogP contribution in [0.2, 0.25) is 5.02 Å². The number of halogens is 1. The van der Waals surface area contributed by atoms with Crippen LogP contribution >= 0.6 is 11.6 Å². The number of esters is 1. The Kier molecular flexibility index (Phi) is 21.3. The van der Waals surface area contributed by atoms with Gasteiger partial charge in [0.2, 0.25) is 17.7 Å². The van der Waals surface area contributed by atoms with Gasteiger partial charge in [-0.25, -0.2) is 14.6 Å². The number of fused-ring (bicyclic) bond motifs is 6. The minimum atomic E-state index is -2.21. The number of carbonyl (C=O) groups is 7. The summed E-state index contributed by atoms with van der Waals surface area (Å²) in [4.78, 5) is 95.8. The number of hydrazine groups is 1. The van der Waals surface area contributed by atoms with Crippen LogP contribution in [-0.2, 0) is 62.5 Å². The number of carbonyl (C=O) groups excluding carboxylic acids is 7. The highest BCUT2D eigenvalue weighted by atomic mass is 35.5. The zero-order chi connectivity index (χ0) is 58.8. The Bertz CT molecular complexity index is 2830. The Morgan fingerprint density at radius 2 is 1.65 bits per heavy atom. The number of para-hydroxylation sites is 1. The summed E-state index contributed by atoms with van der Waals surface area (Å²) in [5, 5.41) is 46.0. The van der Waals surface area contributed by atoms with E-state index in [-0.39, 0.29) is 62.2 Å². The second-order valence-electron chi connectivity index (χ2n) is 21.2. The number of ether oxygens (including phenoxy) is 4. The summed E-state index contributed by atoms with van der Waals surface area (Å²) in [6.07, 6.45) is -2.65. The molecule has 0 unspecified atom stereocenters. The van der Waals surface area contributed by atoms with Crippen molar-refractivity contribution in [2.75, 3.05) is 66.9 Å². The molecule has 1 aromatic heterocycles. The van der Waals surface area contributed by atoms with Gasteiger partial charge in [-0.3, -0.25) is 34.7 Å². The van der Waals surface area contributed by atoms with Gasteiger partial charge in [-0.15, -0.1) is 0 Å². The number of likely N-dealkylation sites (N-methyl/N-ethyl adjacent to an activating group) is 1. The summed E-state index contributed by atoms with van der Waals surface area (Å²) in [5.74, 6) is -4.79. The summed E-state index contributed by atoms with van der Waals surface area (Å²) in [5.41, 5.74) is 4.35. The van der Waals surface area contributed by atoms with Gasteiger partial charge < -0.3 is 64.6 Å². The van der Waals surface area contributed by atoms with Crippen molar-refractivity contribution < 1.29 is 67.8 Å². The van der Waals surface area contributed by atoms with E-state index in [1.165, 1.54) is 33.1 Å². The zero-order valence-electron chi connectivity index (χ0n) is 47.2. The Labute approximate surface area is 471 Å². The third kappa shape index (κ3) is 15.0. The zero-order valence-corrected chi connectivity index (χ0v) is 47.9. The predicted octanol–water partition coefficient (Wildman–Crippen LogP) is 2.45. The lowest BCUT2D eigenvalue weighted by atomic mass is 9.83. The minimum absolute atomic E-state index is 0.00783. The number of alkyl carbamates (subject to hydrolysis) is 1. The third-order valence-corrected chi connectivity index (χ3v) is 16.1. The second kappa shape index (κ2) is 27.2. The Morgan fingerprint density at radius 3 is 2.33 bits per heavy atom. The molecule has 1 aliphatic carbocycles. The Morgan fingerprint density at radius 1 is 0.975 bits per heavy atom. The quantitative estimate of drug-likeness (QED) is 0.0458. The van der Waals surface area contributed by atoms with Gasteiger partial charge in [0.25, 0.3) is 11.8 Å². The van der Waals surface area contributed by atoms with E-state index < -0.39 is 89.3 Å². The van der Waals surface area contributed by atoms with Gasteiger partial charge in [0.15, 0.2) is 17.9 Å². The molecule has 10 atom stereocenters. The highest BCUT2D eigenvalue weighted by molar-refractivity contribution is 6.35. The maximum absolute atomic E-state index is 14.4. The number of allylic oxidation sites excluding steroid dienone is 3. The fourth-order valence-corrected chi connectivity index (χ4v) is 10.7. The van der Waals surface area contributed by atoms with Gasteiger partial charge in [-0.05, 0) is 80.8 Å². The number of amides is 6. The molecular formula is C56H78ClN9O14. The number of aromatic nitrogens is 1. The van der Waals surface area contributed by atoms with Crippen molar-refractivity contribution in [2.45, 2.75) is 122 Å². The number of aliphatic hydroxyl groups is 3. The van der Waals surface area contributed by atoms with Crippen LogP contribution in [0.4, 0.5) is 10.5 Å². The maximum atomic E-state index is 14.4. The SMILES string of the molecule is CNN(C)Cc1cc2ccccc2n1CCC(=O)NCCNC(=O)[C@H](O)[C@H](O)C(=O)NCCC(=O)N(C)[C@@H](C)C(=O)O[C@H]1CC(=O)N(C)c2cc(cc(OC)c2Cl)C/C(C)=C/C=C/[C@@H](OC)[C@@]2(O)C[C@H](OC(=O)N2)[C@@H](C)[C@@H]2C[C@]12C. The van der Waals surface area contributed by atoms with Gasteiger partial charge in [0.05, 0.1) is 25.8 Å². The van der Waals surface area contributed by atoms with Gasteiger partial charge in [0.1, 0.15) is 35.1 Å². The molecule has 6 amide bonds. The molecule has 3 heterocycles. The first-order valence-electron chi connectivity index (χ1n) is 26.7. The van der Waals surface area contributed by atoms with Crippen LogP contribution in [0.15, 0.2) is 66.3 Å². The fraction of sp³-hybridized carbons (Fsp3) is 0.554. The summed E-state index contributed by atoms with van der Waals surface area (Å²) in [6.45, 7) is 7.60. The Balaban J connectivity index is 1.04. The molecule has 1 saturated carbocycles. The highest BCUT2D eigenvalue weighted by Gasteiger charge is 2.62. The molecule has 80 heavy (non-hydrogen) atoms. The van der Waals surface area contributed by atoms with Crippen molar-refractivity contribution in [3.63, 3.8) is 0 Å². The van der Waals surface area contributed by atoms with E-state index in [1.54, 1.807) is 31.3 Å². The van der Waals surface area contributed by atoms with Crippen LogP contribution in [0.1, 0.15) is 71.1 Å². The monoisotopic (exact) mass is 1140 g/mol. The molecule has 3 aromatic rings. The number of aliphatic hydroxyl groups excluding tert-OH is 2. The number of hydrogen-bond acceptors (Lipinski definition) is 16. The van der Waals surface area contributed by atoms with Crippen molar-refractivity contribution >= 4 is 69.8 Å². The third-order valence-electron chi connectivity index (χ3n) is 15.7. The number of nitrogens with zero attached hydrogens (tertiary/aromatic N) is 4. The number of nitrogens with one attached hydrogen (secondary N) is 5.